The zero-order chi connectivity index (χ0) is 15.6. The number of nitrogens with zero attached hydrogens (tertiary/aromatic N) is 1. The van der Waals surface area contributed by atoms with Gasteiger partial charge in [0.2, 0.25) is 0 Å². The van der Waals surface area contributed by atoms with E-state index >= 15 is 0 Å². The quantitative estimate of drug-likeness (QED) is 0.529. The molecule has 0 spiro atoms. The van der Waals surface area contributed by atoms with Crippen LogP contribution in [0.2, 0.25) is 20.1 Å². The Bertz CT molecular complexity index is 695. The van der Waals surface area contributed by atoms with E-state index in [9.17, 15) is 0 Å². The first-order chi connectivity index (χ1) is 9.88. The summed E-state index contributed by atoms with van der Waals surface area (Å²) >= 11 is 24.4. The van der Waals surface area contributed by atoms with Crippen molar-refractivity contribution in [3.05, 3.63) is 67.6 Å². The van der Waals surface area contributed by atoms with Gasteiger partial charge in [-0.2, -0.15) is 0 Å². The first kappa shape index (κ1) is 16.6. The van der Waals surface area contributed by atoms with Gasteiger partial charge in [-0.25, -0.2) is 0 Å². The highest BCUT2D eigenvalue weighted by Gasteiger charge is 2.11. The highest BCUT2D eigenvalue weighted by atomic mass is 35.5. The Morgan fingerprint density at radius 2 is 1.48 bits per heavy atom. The zero-order valence-electron chi connectivity index (χ0n) is 11.5. The predicted molar refractivity (Wildman–Crippen MR) is 93.6 cm³/mol. The molecule has 0 saturated carbocycles. The second kappa shape index (κ2) is 7.02. The van der Waals surface area contributed by atoms with Gasteiger partial charge in [-0.3, -0.25) is 4.99 Å². The van der Waals surface area contributed by atoms with Crippen molar-refractivity contribution in [3.63, 3.8) is 0 Å². The highest BCUT2D eigenvalue weighted by Crippen LogP contribution is 2.29. The fraction of sp³-hybridized carbons (Fsp3) is 0.188. The molecule has 2 aromatic carbocycles. The van der Waals surface area contributed by atoms with Gasteiger partial charge in [-0.05, 0) is 55.8 Å². The van der Waals surface area contributed by atoms with Crippen molar-refractivity contribution in [1.82, 2.24) is 0 Å². The summed E-state index contributed by atoms with van der Waals surface area (Å²) in [5.74, 6) is 0. The van der Waals surface area contributed by atoms with E-state index in [1.54, 1.807) is 30.3 Å². The van der Waals surface area contributed by atoms with Crippen LogP contribution in [-0.2, 0) is 0 Å². The lowest BCUT2D eigenvalue weighted by Crippen LogP contribution is -2.00. The van der Waals surface area contributed by atoms with Gasteiger partial charge in [0.25, 0.3) is 0 Å². The summed E-state index contributed by atoms with van der Waals surface area (Å²) in [5, 5.41) is 2.51. The number of hydrogen-bond donors (Lipinski definition) is 0. The van der Waals surface area contributed by atoms with E-state index < -0.39 is 0 Å². The molecule has 0 N–H and O–H groups in total. The zero-order valence-corrected chi connectivity index (χ0v) is 14.5. The van der Waals surface area contributed by atoms with Gasteiger partial charge in [0.05, 0.1) is 6.04 Å². The van der Waals surface area contributed by atoms with E-state index in [2.05, 4.69) is 4.99 Å². The SMILES string of the molecule is CC(=NC(C)c1cc(Cl)ccc1Cl)c1cc(Cl)ccc1Cl. The van der Waals surface area contributed by atoms with Gasteiger partial charge in [-0.1, -0.05) is 46.4 Å². The fourth-order valence-electron chi connectivity index (χ4n) is 2.04. The molecule has 2 rings (SSSR count). The Kier molecular flexibility index (Phi) is 5.56. The van der Waals surface area contributed by atoms with Crippen molar-refractivity contribution < 1.29 is 0 Å². The molecule has 0 amide bonds. The Hall–Kier alpha value is -0.730. The fourth-order valence-corrected chi connectivity index (χ4v) is 2.92. The summed E-state index contributed by atoms with van der Waals surface area (Å²) in [6, 6.07) is 10.5. The first-order valence-electron chi connectivity index (χ1n) is 6.33. The molecule has 1 nitrogen and oxygen atoms in total. The van der Waals surface area contributed by atoms with Crippen molar-refractivity contribution in [2.24, 2.45) is 4.99 Å². The van der Waals surface area contributed by atoms with Crippen LogP contribution >= 0.6 is 46.4 Å². The molecule has 0 aromatic heterocycles. The van der Waals surface area contributed by atoms with Crippen LogP contribution in [0.1, 0.15) is 31.0 Å². The molecule has 0 aliphatic carbocycles. The molecule has 0 saturated heterocycles. The second-order valence-electron chi connectivity index (χ2n) is 4.68. The van der Waals surface area contributed by atoms with Gasteiger partial charge in [-0.15, -0.1) is 0 Å². The maximum atomic E-state index is 6.20. The van der Waals surface area contributed by atoms with Crippen LogP contribution in [0.25, 0.3) is 0 Å². The monoisotopic (exact) mass is 359 g/mol. The molecule has 2 aromatic rings. The molecule has 0 fully saturated rings. The van der Waals surface area contributed by atoms with Crippen LogP contribution in [-0.4, -0.2) is 5.71 Å². The van der Waals surface area contributed by atoms with Crippen molar-refractivity contribution in [2.75, 3.05) is 0 Å². The normalized spacial score (nSPS) is 13.3. The Labute approximate surface area is 144 Å². The average molecular weight is 361 g/mol. The van der Waals surface area contributed by atoms with Crippen molar-refractivity contribution in [3.8, 4) is 0 Å². The van der Waals surface area contributed by atoms with E-state index in [0.29, 0.717) is 20.1 Å². The van der Waals surface area contributed by atoms with E-state index in [0.717, 1.165) is 16.8 Å². The molecule has 110 valence electrons. The largest absolute Gasteiger partial charge is 0.282 e. The molecule has 1 unspecified atom stereocenters. The van der Waals surface area contributed by atoms with E-state index in [-0.39, 0.29) is 6.04 Å². The molecular weight excluding hydrogens is 348 g/mol. The van der Waals surface area contributed by atoms with Gasteiger partial charge in [0.1, 0.15) is 0 Å². The van der Waals surface area contributed by atoms with Crippen LogP contribution < -0.4 is 0 Å². The number of rotatable bonds is 3. The van der Waals surface area contributed by atoms with Gasteiger partial charge < -0.3 is 0 Å². The van der Waals surface area contributed by atoms with Gasteiger partial charge in [0, 0.05) is 31.4 Å². The third kappa shape index (κ3) is 4.14. The summed E-state index contributed by atoms with van der Waals surface area (Å²) in [5.41, 5.74) is 2.49. The number of aliphatic imine (C=N–C) groups is 1. The molecule has 0 aliphatic heterocycles. The highest BCUT2D eigenvalue weighted by molar-refractivity contribution is 6.36. The Morgan fingerprint density at radius 3 is 2.14 bits per heavy atom. The van der Waals surface area contributed by atoms with E-state index in [1.165, 1.54) is 0 Å². The van der Waals surface area contributed by atoms with Crippen LogP contribution in [0, 0.1) is 0 Å². The van der Waals surface area contributed by atoms with E-state index in [4.69, 9.17) is 46.4 Å². The average Bonchev–Trinajstić information content (AvgIpc) is 2.43. The lowest BCUT2D eigenvalue weighted by molar-refractivity contribution is 0.820. The summed E-state index contributed by atoms with van der Waals surface area (Å²) in [6.45, 7) is 3.85. The van der Waals surface area contributed by atoms with Crippen LogP contribution in [0.3, 0.4) is 0 Å². The topological polar surface area (TPSA) is 12.4 Å². The molecule has 0 aliphatic rings. The van der Waals surface area contributed by atoms with Crippen molar-refractivity contribution in [1.29, 1.82) is 0 Å². The van der Waals surface area contributed by atoms with Crippen LogP contribution in [0.4, 0.5) is 0 Å². The smallest absolute Gasteiger partial charge is 0.0739 e. The third-order valence-corrected chi connectivity index (χ3v) is 4.26. The van der Waals surface area contributed by atoms with E-state index in [1.807, 2.05) is 19.9 Å². The third-order valence-electron chi connectivity index (χ3n) is 3.11. The molecule has 1 atom stereocenters. The summed E-state index contributed by atoms with van der Waals surface area (Å²) in [4.78, 5) is 4.65. The lowest BCUT2D eigenvalue weighted by atomic mass is 10.1. The second-order valence-corrected chi connectivity index (χ2v) is 6.37. The minimum atomic E-state index is -0.133. The number of hydrogen-bond acceptors (Lipinski definition) is 1. The first-order valence-corrected chi connectivity index (χ1v) is 7.84. The maximum Gasteiger partial charge on any atom is 0.0739 e. The number of halogens is 4. The standard InChI is InChI=1S/C16H13Cl4N/c1-9(13-7-11(17)3-5-15(13)19)21-10(2)14-8-12(18)4-6-16(14)20/h3-9H,1-2H3. The summed E-state index contributed by atoms with van der Waals surface area (Å²) in [6.07, 6.45) is 0. The Morgan fingerprint density at radius 1 is 0.905 bits per heavy atom. The minimum absolute atomic E-state index is 0.133. The molecule has 0 bridgehead atoms. The lowest BCUT2D eigenvalue weighted by Gasteiger charge is -2.12. The van der Waals surface area contributed by atoms with Crippen molar-refractivity contribution in [2.45, 2.75) is 19.9 Å². The summed E-state index contributed by atoms with van der Waals surface area (Å²) < 4.78 is 0. The molecule has 0 radical (unpaired) electrons. The van der Waals surface area contributed by atoms with Crippen LogP contribution in [0.5, 0.6) is 0 Å². The number of benzene rings is 2. The minimum Gasteiger partial charge on any atom is -0.282 e. The predicted octanol–water partition coefficient (Wildman–Crippen LogP) is 6.87. The molecular formula is C16H13Cl4N. The van der Waals surface area contributed by atoms with Crippen molar-refractivity contribution >= 4 is 52.1 Å². The van der Waals surface area contributed by atoms with Gasteiger partial charge in [0.15, 0.2) is 0 Å². The molecule has 5 heteroatoms. The maximum absolute atomic E-state index is 6.20. The Balaban J connectivity index is 2.38. The summed E-state index contributed by atoms with van der Waals surface area (Å²) in [7, 11) is 0. The van der Waals surface area contributed by atoms with Gasteiger partial charge >= 0.3 is 0 Å². The molecule has 21 heavy (non-hydrogen) atoms. The molecule has 0 heterocycles. The van der Waals surface area contributed by atoms with Crippen LogP contribution in [0.15, 0.2) is 41.4 Å².